The van der Waals surface area contributed by atoms with Crippen molar-refractivity contribution in [1.82, 2.24) is 0 Å². The van der Waals surface area contributed by atoms with Crippen LogP contribution in [0, 0.1) is 0 Å². The standard InChI is InChI=1S/C22H17Cl2NO2/c23-20-12-7-13-21(24)19(20)15-25-27-22(26)14-18(16-8-3-1-4-9-16)17-10-5-2-6-11-17/h1-13,15,18H,14H2. The highest BCUT2D eigenvalue weighted by Crippen LogP contribution is 2.28. The van der Waals surface area contributed by atoms with Gasteiger partial charge in [-0.3, -0.25) is 0 Å². The fourth-order valence-corrected chi connectivity index (χ4v) is 3.27. The van der Waals surface area contributed by atoms with Crippen molar-refractivity contribution in [3.8, 4) is 0 Å². The molecule has 0 aliphatic rings. The van der Waals surface area contributed by atoms with Crippen LogP contribution in [0.3, 0.4) is 0 Å². The van der Waals surface area contributed by atoms with Gasteiger partial charge < -0.3 is 4.84 Å². The Morgan fingerprint density at radius 3 is 1.89 bits per heavy atom. The Labute approximate surface area is 168 Å². The first-order valence-corrected chi connectivity index (χ1v) is 9.18. The molecule has 0 amide bonds. The molecule has 0 N–H and O–H groups in total. The third-order valence-electron chi connectivity index (χ3n) is 4.11. The number of benzene rings is 3. The molecule has 0 bridgehead atoms. The van der Waals surface area contributed by atoms with Crippen molar-refractivity contribution in [3.05, 3.63) is 106 Å². The van der Waals surface area contributed by atoms with Crippen LogP contribution < -0.4 is 0 Å². The predicted molar refractivity (Wildman–Crippen MR) is 109 cm³/mol. The molecular weight excluding hydrogens is 381 g/mol. The van der Waals surface area contributed by atoms with Crippen LogP contribution >= 0.6 is 23.2 Å². The zero-order valence-corrected chi connectivity index (χ0v) is 15.9. The second-order valence-corrected chi connectivity index (χ2v) is 6.73. The Morgan fingerprint density at radius 1 is 0.852 bits per heavy atom. The summed E-state index contributed by atoms with van der Waals surface area (Å²) in [5.41, 5.74) is 2.59. The topological polar surface area (TPSA) is 38.7 Å². The van der Waals surface area contributed by atoms with Crippen LogP contribution in [0.1, 0.15) is 29.0 Å². The van der Waals surface area contributed by atoms with E-state index < -0.39 is 5.97 Å². The highest BCUT2D eigenvalue weighted by Gasteiger charge is 2.19. The number of rotatable bonds is 6. The number of hydrogen-bond donors (Lipinski definition) is 0. The van der Waals surface area contributed by atoms with Crippen molar-refractivity contribution < 1.29 is 9.63 Å². The van der Waals surface area contributed by atoms with E-state index in [1.165, 1.54) is 6.21 Å². The van der Waals surface area contributed by atoms with Gasteiger partial charge in [-0.15, -0.1) is 0 Å². The van der Waals surface area contributed by atoms with Crippen LogP contribution in [0.25, 0.3) is 0 Å². The first-order valence-electron chi connectivity index (χ1n) is 8.42. The van der Waals surface area contributed by atoms with E-state index in [0.717, 1.165) is 11.1 Å². The Hall–Kier alpha value is -2.62. The van der Waals surface area contributed by atoms with Crippen LogP contribution in [0.2, 0.25) is 10.0 Å². The van der Waals surface area contributed by atoms with Gasteiger partial charge >= 0.3 is 5.97 Å². The van der Waals surface area contributed by atoms with Crippen LogP contribution in [0.15, 0.2) is 84.0 Å². The van der Waals surface area contributed by atoms with E-state index in [-0.39, 0.29) is 12.3 Å². The number of nitrogens with zero attached hydrogens (tertiary/aromatic N) is 1. The van der Waals surface area contributed by atoms with Crippen molar-refractivity contribution in [2.75, 3.05) is 0 Å². The summed E-state index contributed by atoms with van der Waals surface area (Å²) in [7, 11) is 0. The van der Waals surface area contributed by atoms with Crippen LogP contribution in [0.4, 0.5) is 0 Å². The van der Waals surface area contributed by atoms with E-state index >= 15 is 0 Å². The molecule has 0 heterocycles. The smallest absolute Gasteiger partial charge is 0.318 e. The molecule has 0 aliphatic heterocycles. The van der Waals surface area contributed by atoms with Gasteiger partial charge in [0.05, 0.1) is 22.7 Å². The summed E-state index contributed by atoms with van der Waals surface area (Å²) in [4.78, 5) is 17.4. The lowest BCUT2D eigenvalue weighted by Gasteiger charge is -2.16. The molecule has 3 aromatic rings. The van der Waals surface area contributed by atoms with Crippen molar-refractivity contribution in [1.29, 1.82) is 0 Å². The minimum absolute atomic E-state index is 0.112. The maximum Gasteiger partial charge on any atom is 0.335 e. The molecule has 0 saturated carbocycles. The molecule has 0 unspecified atom stereocenters. The zero-order chi connectivity index (χ0) is 19.1. The van der Waals surface area contributed by atoms with Gasteiger partial charge in [0.2, 0.25) is 0 Å². The normalized spacial score (nSPS) is 11.1. The average molecular weight is 398 g/mol. The van der Waals surface area contributed by atoms with Gasteiger partial charge in [-0.1, -0.05) is 95.1 Å². The van der Waals surface area contributed by atoms with Crippen molar-refractivity contribution in [2.45, 2.75) is 12.3 Å². The molecule has 0 aliphatic carbocycles. The summed E-state index contributed by atoms with van der Waals surface area (Å²) in [6, 6.07) is 24.8. The minimum Gasteiger partial charge on any atom is -0.318 e. The second-order valence-electron chi connectivity index (χ2n) is 5.91. The number of halogens is 2. The van der Waals surface area contributed by atoms with Gasteiger partial charge in [0.1, 0.15) is 0 Å². The fraction of sp³-hybridized carbons (Fsp3) is 0.0909. The number of oxime groups is 1. The van der Waals surface area contributed by atoms with Gasteiger partial charge in [-0.2, -0.15) is 0 Å². The van der Waals surface area contributed by atoms with E-state index in [0.29, 0.717) is 15.6 Å². The molecule has 27 heavy (non-hydrogen) atoms. The van der Waals surface area contributed by atoms with Crippen LogP contribution in [-0.2, 0) is 9.63 Å². The Kier molecular flexibility index (Phi) is 6.64. The molecule has 136 valence electrons. The van der Waals surface area contributed by atoms with E-state index in [2.05, 4.69) is 5.16 Å². The van der Waals surface area contributed by atoms with Crippen LogP contribution in [-0.4, -0.2) is 12.2 Å². The second kappa shape index (κ2) is 9.36. The highest BCUT2D eigenvalue weighted by atomic mass is 35.5. The third-order valence-corrected chi connectivity index (χ3v) is 4.77. The molecule has 0 spiro atoms. The third kappa shape index (κ3) is 5.19. The van der Waals surface area contributed by atoms with Gasteiger partial charge in [0.15, 0.2) is 0 Å². The maximum absolute atomic E-state index is 12.4. The Balaban J connectivity index is 1.73. The monoisotopic (exact) mass is 397 g/mol. The first-order chi connectivity index (χ1) is 13.1. The molecule has 5 heteroatoms. The minimum atomic E-state index is -0.438. The molecule has 3 aromatic carbocycles. The van der Waals surface area contributed by atoms with Crippen molar-refractivity contribution in [3.63, 3.8) is 0 Å². The van der Waals surface area contributed by atoms with Gasteiger partial charge in [-0.05, 0) is 23.3 Å². The maximum atomic E-state index is 12.4. The lowest BCUT2D eigenvalue weighted by Crippen LogP contribution is -2.10. The molecule has 0 radical (unpaired) electrons. The van der Waals surface area contributed by atoms with Crippen molar-refractivity contribution in [2.24, 2.45) is 5.16 Å². The van der Waals surface area contributed by atoms with E-state index in [4.69, 9.17) is 28.0 Å². The molecular formula is C22H17Cl2NO2. The number of carbonyl (C=O) groups excluding carboxylic acids is 1. The first kappa shape index (κ1) is 19.2. The van der Waals surface area contributed by atoms with E-state index in [1.807, 2.05) is 60.7 Å². The largest absolute Gasteiger partial charge is 0.335 e. The quantitative estimate of drug-likeness (QED) is 0.286. The van der Waals surface area contributed by atoms with Crippen molar-refractivity contribution >= 4 is 35.4 Å². The molecule has 0 aromatic heterocycles. The van der Waals surface area contributed by atoms with Gasteiger partial charge in [-0.25, -0.2) is 4.79 Å². The summed E-state index contributed by atoms with van der Waals surface area (Å²) < 4.78 is 0. The average Bonchev–Trinajstić information content (AvgIpc) is 2.70. The summed E-state index contributed by atoms with van der Waals surface area (Å²) in [5.74, 6) is -0.550. The van der Waals surface area contributed by atoms with Gasteiger partial charge in [0.25, 0.3) is 0 Å². The Bertz CT molecular complexity index is 868. The molecule has 0 atom stereocenters. The number of hydrogen-bond acceptors (Lipinski definition) is 3. The summed E-state index contributed by atoms with van der Waals surface area (Å²) in [5, 5.41) is 4.64. The summed E-state index contributed by atoms with van der Waals surface area (Å²) in [6.07, 6.45) is 1.52. The lowest BCUT2D eigenvalue weighted by molar-refractivity contribution is -0.143. The fourth-order valence-electron chi connectivity index (χ4n) is 2.77. The molecule has 0 saturated heterocycles. The predicted octanol–water partition coefficient (Wildman–Crippen LogP) is 6.09. The molecule has 3 rings (SSSR count). The zero-order valence-electron chi connectivity index (χ0n) is 14.4. The lowest BCUT2D eigenvalue weighted by atomic mass is 9.89. The van der Waals surface area contributed by atoms with E-state index in [1.54, 1.807) is 18.2 Å². The SMILES string of the molecule is O=C(CC(c1ccccc1)c1ccccc1)ON=Cc1c(Cl)cccc1Cl. The Morgan fingerprint density at radius 2 is 1.37 bits per heavy atom. The van der Waals surface area contributed by atoms with Gasteiger partial charge in [0, 0.05) is 11.5 Å². The van der Waals surface area contributed by atoms with Crippen LogP contribution in [0.5, 0.6) is 0 Å². The molecule has 0 fully saturated rings. The molecule has 3 nitrogen and oxygen atoms in total. The highest BCUT2D eigenvalue weighted by molar-refractivity contribution is 6.38. The summed E-state index contributed by atoms with van der Waals surface area (Å²) >= 11 is 12.1. The number of carbonyl (C=O) groups is 1. The summed E-state index contributed by atoms with van der Waals surface area (Å²) in [6.45, 7) is 0. The van der Waals surface area contributed by atoms with E-state index in [9.17, 15) is 4.79 Å².